The van der Waals surface area contributed by atoms with E-state index in [1.165, 1.54) is 6.26 Å². The van der Waals surface area contributed by atoms with Crippen LogP contribution in [0.15, 0.2) is 51.9 Å². The van der Waals surface area contributed by atoms with Crippen LogP contribution in [0.25, 0.3) is 10.9 Å². The largest absolute Gasteiger partial charge is 0.494 e. The SMILES string of the molecule is CCOc1ccc2[nH]c(=O)c(CNC(=O)c3ccco3)cc2c1. The minimum absolute atomic E-state index is 0.115. The number of nitrogens with one attached hydrogen (secondary N) is 2. The third-order valence-electron chi connectivity index (χ3n) is 3.39. The molecule has 1 amide bonds. The standard InChI is InChI=1S/C17H16N2O4/c1-2-22-13-5-6-14-11(9-13)8-12(16(20)19-14)10-18-17(21)15-4-3-7-23-15/h3-9H,2,10H2,1H3,(H,18,21)(H,19,20). The molecule has 0 saturated carbocycles. The van der Waals surface area contributed by atoms with Crippen molar-refractivity contribution in [3.63, 3.8) is 0 Å². The van der Waals surface area contributed by atoms with E-state index >= 15 is 0 Å². The maximum Gasteiger partial charge on any atom is 0.287 e. The molecule has 0 saturated heterocycles. The summed E-state index contributed by atoms with van der Waals surface area (Å²) in [5.41, 5.74) is 0.951. The van der Waals surface area contributed by atoms with Gasteiger partial charge in [-0.3, -0.25) is 9.59 Å². The fourth-order valence-electron chi connectivity index (χ4n) is 2.29. The fourth-order valence-corrected chi connectivity index (χ4v) is 2.29. The molecular weight excluding hydrogens is 296 g/mol. The van der Waals surface area contributed by atoms with Crippen LogP contribution in [0.5, 0.6) is 5.75 Å². The number of furan rings is 1. The first-order valence-electron chi connectivity index (χ1n) is 7.28. The Morgan fingerprint density at radius 2 is 2.17 bits per heavy atom. The zero-order valence-corrected chi connectivity index (χ0v) is 12.6. The third kappa shape index (κ3) is 3.26. The molecule has 6 nitrogen and oxygen atoms in total. The van der Waals surface area contributed by atoms with E-state index in [4.69, 9.17) is 9.15 Å². The zero-order valence-electron chi connectivity index (χ0n) is 12.6. The Morgan fingerprint density at radius 1 is 1.30 bits per heavy atom. The van der Waals surface area contributed by atoms with Crippen molar-refractivity contribution >= 4 is 16.8 Å². The highest BCUT2D eigenvalue weighted by Gasteiger charge is 2.10. The minimum Gasteiger partial charge on any atom is -0.494 e. The van der Waals surface area contributed by atoms with E-state index in [0.29, 0.717) is 12.2 Å². The van der Waals surface area contributed by atoms with Crippen molar-refractivity contribution in [3.05, 3.63) is 64.3 Å². The molecule has 0 fully saturated rings. The molecule has 0 aliphatic heterocycles. The summed E-state index contributed by atoms with van der Waals surface area (Å²) in [5.74, 6) is 0.580. The number of hydrogen-bond acceptors (Lipinski definition) is 4. The van der Waals surface area contributed by atoms with Gasteiger partial charge in [-0.15, -0.1) is 0 Å². The van der Waals surface area contributed by atoms with Crippen molar-refractivity contribution in [2.75, 3.05) is 6.61 Å². The number of amides is 1. The summed E-state index contributed by atoms with van der Waals surface area (Å²) < 4.78 is 10.5. The monoisotopic (exact) mass is 312 g/mol. The van der Waals surface area contributed by atoms with E-state index in [-0.39, 0.29) is 23.8 Å². The number of pyridine rings is 1. The topological polar surface area (TPSA) is 84.3 Å². The number of fused-ring (bicyclic) bond motifs is 1. The normalized spacial score (nSPS) is 10.7. The highest BCUT2D eigenvalue weighted by Crippen LogP contribution is 2.19. The van der Waals surface area contributed by atoms with E-state index in [0.717, 1.165) is 16.7 Å². The lowest BCUT2D eigenvalue weighted by atomic mass is 10.1. The van der Waals surface area contributed by atoms with Crippen LogP contribution >= 0.6 is 0 Å². The molecule has 0 radical (unpaired) electrons. The molecule has 0 spiro atoms. The summed E-state index contributed by atoms with van der Waals surface area (Å²) in [6.07, 6.45) is 1.42. The Kier molecular flexibility index (Phi) is 4.14. The number of H-pyrrole nitrogens is 1. The van der Waals surface area contributed by atoms with E-state index in [1.807, 2.05) is 13.0 Å². The first kappa shape index (κ1) is 14.9. The van der Waals surface area contributed by atoms with Crippen LogP contribution in [0.2, 0.25) is 0 Å². The van der Waals surface area contributed by atoms with Gasteiger partial charge in [-0.1, -0.05) is 0 Å². The first-order chi connectivity index (χ1) is 11.2. The molecule has 118 valence electrons. The van der Waals surface area contributed by atoms with Crippen molar-refractivity contribution in [1.82, 2.24) is 10.3 Å². The van der Waals surface area contributed by atoms with Gasteiger partial charge in [0.05, 0.1) is 12.9 Å². The molecule has 0 unspecified atom stereocenters. The van der Waals surface area contributed by atoms with Gasteiger partial charge in [0.25, 0.3) is 11.5 Å². The Hall–Kier alpha value is -3.02. The fraction of sp³-hybridized carbons (Fsp3) is 0.176. The Balaban J connectivity index is 1.83. The number of aromatic nitrogens is 1. The van der Waals surface area contributed by atoms with Crippen molar-refractivity contribution in [2.45, 2.75) is 13.5 Å². The molecule has 2 aromatic heterocycles. The zero-order chi connectivity index (χ0) is 16.2. The van der Waals surface area contributed by atoms with Crippen LogP contribution < -0.4 is 15.6 Å². The number of rotatable bonds is 5. The van der Waals surface area contributed by atoms with Gasteiger partial charge in [-0.2, -0.15) is 0 Å². The number of carbonyl (C=O) groups excluding carboxylic acids is 1. The number of hydrogen-bond donors (Lipinski definition) is 2. The summed E-state index contributed by atoms with van der Waals surface area (Å²) >= 11 is 0. The lowest BCUT2D eigenvalue weighted by Gasteiger charge is -2.07. The van der Waals surface area contributed by atoms with Crippen molar-refractivity contribution < 1.29 is 13.9 Å². The summed E-state index contributed by atoms with van der Waals surface area (Å²) in [7, 11) is 0. The summed E-state index contributed by atoms with van der Waals surface area (Å²) in [6.45, 7) is 2.59. The van der Waals surface area contributed by atoms with Crippen molar-refractivity contribution in [1.29, 1.82) is 0 Å². The van der Waals surface area contributed by atoms with Crippen LogP contribution in [0, 0.1) is 0 Å². The number of benzene rings is 1. The molecule has 1 aromatic carbocycles. The van der Waals surface area contributed by atoms with Gasteiger partial charge in [0, 0.05) is 23.0 Å². The second-order valence-electron chi connectivity index (χ2n) is 4.97. The molecule has 0 aliphatic carbocycles. The van der Waals surface area contributed by atoms with Crippen molar-refractivity contribution in [2.24, 2.45) is 0 Å². The quantitative estimate of drug-likeness (QED) is 0.758. The second kappa shape index (κ2) is 6.39. The number of carbonyl (C=O) groups is 1. The maximum absolute atomic E-state index is 12.1. The molecular formula is C17H16N2O4. The van der Waals surface area contributed by atoms with E-state index < -0.39 is 0 Å². The molecule has 0 atom stereocenters. The van der Waals surface area contributed by atoms with Crippen LogP contribution in [0.1, 0.15) is 23.0 Å². The highest BCUT2D eigenvalue weighted by molar-refractivity contribution is 5.91. The van der Waals surface area contributed by atoms with Gasteiger partial charge in [0.15, 0.2) is 5.76 Å². The highest BCUT2D eigenvalue weighted by atomic mass is 16.5. The second-order valence-corrected chi connectivity index (χ2v) is 4.97. The predicted molar refractivity (Wildman–Crippen MR) is 85.6 cm³/mol. The molecule has 6 heteroatoms. The van der Waals surface area contributed by atoms with E-state index in [9.17, 15) is 9.59 Å². The Morgan fingerprint density at radius 3 is 2.91 bits per heavy atom. The third-order valence-corrected chi connectivity index (χ3v) is 3.39. The summed E-state index contributed by atoms with van der Waals surface area (Å²) in [6, 6.07) is 10.4. The lowest BCUT2D eigenvalue weighted by Crippen LogP contribution is -2.26. The smallest absolute Gasteiger partial charge is 0.287 e. The van der Waals surface area contributed by atoms with Gasteiger partial charge in [-0.05, 0) is 43.3 Å². The molecule has 23 heavy (non-hydrogen) atoms. The molecule has 3 rings (SSSR count). The van der Waals surface area contributed by atoms with E-state index in [1.54, 1.807) is 30.3 Å². The molecule has 2 heterocycles. The average molecular weight is 312 g/mol. The maximum atomic E-state index is 12.1. The van der Waals surface area contributed by atoms with Gasteiger partial charge in [0.2, 0.25) is 0 Å². The van der Waals surface area contributed by atoms with Crippen molar-refractivity contribution in [3.8, 4) is 5.75 Å². The summed E-state index contributed by atoms with van der Waals surface area (Å²) in [5, 5.41) is 3.51. The predicted octanol–water partition coefficient (Wildman–Crippen LogP) is 2.45. The van der Waals surface area contributed by atoms with Gasteiger partial charge < -0.3 is 19.5 Å². The Bertz CT molecular complexity index is 881. The number of ether oxygens (including phenoxy) is 1. The van der Waals surface area contributed by atoms with Gasteiger partial charge in [0.1, 0.15) is 5.75 Å². The minimum atomic E-state index is -0.363. The van der Waals surface area contributed by atoms with Gasteiger partial charge in [-0.25, -0.2) is 0 Å². The van der Waals surface area contributed by atoms with Crippen LogP contribution in [0.4, 0.5) is 0 Å². The molecule has 0 aliphatic rings. The van der Waals surface area contributed by atoms with Crippen LogP contribution in [-0.2, 0) is 6.54 Å². The van der Waals surface area contributed by atoms with Crippen LogP contribution in [-0.4, -0.2) is 17.5 Å². The lowest BCUT2D eigenvalue weighted by molar-refractivity contribution is 0.0923. The first-order valence-corrected chi connectivity index (χ1v) is 7.28. The van der Waals surface area contributed by atoms with Gasteiger partial charge >= 0.3 is 0 Å². The summed E-state index contributed by atoms with van der Waals surface area (Å²) in [4.78, 5) is 26.7. The van der Waals surface area contributed by atoms with Crippen LogP contribution in [0.3, 0.4) is 0 Å². The molecule has 3 aromatic rings. The molecule has 0 bridgehead atoms. The number of aromatic amines is 1. The average Bonchev–Trinajstić information content (AvgIpc) is 3.08. The van der Waals surface area contributed by atoms with E-state index in [2.05, 4.69) is 10.3 Å². The molecule has 2 N–H and O–H groups in total. The Labute approximate surface area is 132 Å².